The summed E-state index contributed by atoms with van der Waals surface area (Å²) in [4.78, 5) is 25.0. The number of nitrogens with zero attached hydrogens (tertiary/aromatic N) is 1. The lowest BCUT2D eigenvalue weighted by Gasteiger charge is -2.21. The highest BCUT2D eigenvalue weighted by atomic mass is 79.9. The molecule has 0 saturated heterocycles. The lowest BCUT2D eigenvalue weighted by Crippen LogP contribution is -2.37. The van der Waals surface area contributed by atoms with Crippen molar-refractivity contribution in [2.75, 3.05) is 20.6 Å². The van der Waals surface area contributed by atoms with Crippen molar-refractivity contribution < 1.29 is 14.7 Å². The number of hydrogen-bond donors (Lipinski definition) is 2. The molecule has 0 fully saturated rings. The molecule has 0 bridgehead atoms. The standard InChI is InChI=1S/C13H17BrN2O3/c1-8(12(18)15-2)7-16(3)13(19)9-4-5-10(14)11(17)6-9/h4-6,8,17H,7H2,1-3H3,(H,15,18). The lowest BCUT2D eigenvalue weighted by atomic mass is 10.1. The summed E-state index contributed by atoms with van der Waals surface area (Å²) < 4.78 is 0.533. The Balaban J connectivity index is 2.76. The van der Waals surface area contributed by atoms with E-state index in [1.165, 1.54) is 11.0 Å². The zero-order valence-electron chi connectivity index (χ0n) is 11.1. The first-order valence-corrected chi connectivity index (χ1v) is 6.61. The van der Waals surface area contributed by atoms with Gasteiger partial charge in [0.15, 0.2) is 0 Å². The van der Waals surface area contributed by atoms with Crippen LogP contribution < -0.4 is 5.32 Å². The maximum absolute atomic E-state index is 12.1. The molecule has 0 aliphatic heterocycles. The number of carbonyl (C=O) groups is 2. The number of carbonyl (C=O) groups excluding carboxylic acids is 2. The molecular formula is C13H17BrN2O3. The van der Waals surface area contributed by atoms with Crippen molar-refractivity contribution in [2.24, 2.45) is 5.92 Å². The van der Waals surface area contributed by atoms with E-state index >= 15 is 0 Å². The molecule has 0 radical (unpaired) electrons. The number of nitrogens with one attached hydrogen (secondary N) is 1. The quantitative estimate of drug-likeness (QED) is 0.882. The number of hydrogen-bond acceptors (Lipinski definition) is 3. The van der Waals surface area contributed by atoms with Crippen molar-refractivity contribution in [1.82, 2.24) is 10.2 Å². The number of aromatic hydroxyl groups is 1. The number of rotatable bonds is 4. The van der Waals surface area contributed by atoms with Crippen LogP contribution in [0.2, 0.25) is 0 Å². The number of amides is 2. The number of phenols is 1. The van der Waals surface area contributed by atoms with E-state index in [9.17, 15) is 14.7 Å². The Morgan fingerprint density at radius 2 is 2.11 bits per heavy atom. The van der Waals surface area contributed by atoms with E-state index in [4.69, 9.17) is 0 Å². The van der Waals surface area contributed by atoms with Crippen molar-refractivity contribution in [3.05, 3.63) is 28.2 Å². The van der Waals surface area contributed by atoms with Crippen LogP contribution in [0.15, 0.2) is 22.7 Å². The zero-order valence-corrected chi connectivity index (χ0v) is 12.7. The first-order chi connectivity index (χ1) is 8.86. The van der Waals surface area contributed by atoms with Gasteiger partial charge in [0.2, 0.25) is 5.91 Å². The Labute approximate surface area is 120 Å². The SMILES string of the molecule is CNC(=O)C(C)CN(C)C(=O)c1ccc(Br)c(O)c1. The summed E-state index contributed by atoms with van der Waals surface area (Å²) in [5.41, 5.74) is 0.382. The smallest absolute Gasteiger partial charge is 0.253 e. The largest absolute Gasteiger partial charge is 0.507 e. The molecule has 104 valence electrons. The summed E-state index contributed by atoms with van der Waals surface area (Å²) in [6.45, 7) is 2.07. The minimum Gasteiger partial charge on any atom is -0.507 e. The molecule has 2 amide bonds. The van der Waals surface area contributed by atoms with Crippen molar-refractivity contribution in [3.63, 3.8) is 0 Å². The Kier molecular flexibility index (Phi) is 5.35. The predicted octanol–water partition coefficient (Wildman–Crippen LogP) is 1.61. The van der Waals surface area contributed by atoms with Gasteiger partial charge in [0, 0.05) is 26.2 Å². The van der Waals surface area contributed by atoms with Gasteiger partial charge in [0.05, 0.1) is 10.4 Å². The second-order valence-electron chi connectivity index (χ2n) is 4.37. The minimum atomic E-state index is -0.289. The fourth-order valence-corrected chi connectivity index (χ4v) is 1.94. The number of benzene rings is 1. The summed E-state index contributed by atoms with van der Waals surface area (Å²) in [6.07, 6.45) is 0. The maximum atomic E-state index is 12.1. The second-order valence-corrected chi connectivity index (χ2v) is 5.22. The summed E-state index contributed by atoms with van der Waals surface area (Å²) in [6, 6.07) is 4.62. The molecule has 1 rings (SSSR count). The van der Waals surface area contributed by atoms with Crippen LogP contribution in [-0.4, -0.2) is 42.5 Å². The third kappa shape index (κ3) is 3.96. The van der Waals surface area contributed by atoms with Gasteiger partial charge in [-0.15, -0.1) is 0 Å². The van der Waals surface area contributed by atoms with Crippen LogP contribution in [-0.2, 0) is 4.79 Å². The van der Waals surface area contributed by atoms with Gasteiger partial charge in [-0.3, -0.25) is 9.59 Å². The molecule has 6 heteroatoms. The van der Waals surface area contributed by atoms with Gasteiger partial charge >= 0.3 is 0 Å². The first kappa shape index (κ1) is 15.5. The van der Waals surface area contributed by atoms with Crippen molar-refractivity contribution in [1.29, 1.82) is 0 Å². The fourth-order valence-electron chi connectivity index (χ4n) is 1.69. The summed E-state index contributed by atoms with van der Waals surface area (Å²) in [5.74, 6) is -0.626. The molecule has 1 aromatic carbocycles. The molecule has 5 nitrogen and oxygen atoms in total. The molecule has 0 spiro atoms. The van der Waals surface area contributed by atoms with Gasteiger partial charge in [0.1, 0.15) is 5.75 Å². The van der Waals surface area contributed by atoms with E-state index < -0.39 is 0 Å². The summed E-state index contributed by atoms with van der Waals surface area (Å²) in [5, 5.41) is 12.1. The van der Waals surface area contributed by atoms with Crippen LogP contribution in [0.1, 0.15) is 17.3 Å². The maximum Gasteiger partial charge on any atom is 0.253 e. The number of phenolic OH excluding ortho intramolecular Hbond substituents is 1. The van der Waals surface area contributed by atoms with E-state index in [0.717, 1.165) is 0 Å². The van der Waals surface area contributed by atoms with Crippen molar-refractivity contribution in [2.45, 2.75) is 6.92 Å². The summed E-state index contributed by atoms with van der Waals surface area (Å²) >= 11 is 3.16. The summed E-state index contributed by atoms with van der Waals surface area (Å²) in [7, 11) is 3.19. The Bertz CT molecular complexity index is 491. The third-order valence-electron chi connectivity index (χ3n) is 2.78. The van der Waals surface area contributed by atoms with Gasteiger partial charge in [-0.1, -0.05) is 6.92 Å². The number of halogens is 1. The van der Waals surface area contributed by atoms with E-state index in [2.05, 4.69) is 21.2 Å². The molecule has 0 aliphatic rings. The van der Waals surface area contributed by atoms with E-state index in [-0.39, 0.29) is 23.5 Å². The first-order valence-electron chi connectivity index (χ1n) is 5.82. The van der Waals surface area contributed by atoms with Gasteiger partial charge in [-0.2, -0.15) is 0 Å². The van der Waals surface area contributed by atoms with E-state index in [1.54, 1.807) is 33.2 Å². The Morgan fingerprint density at radius 3 is 2.63 bits per heavy atom. The average molecular weight is 329 g/mol. The van der Waals surface area contributed by atoms with Crippen LogP contribution in [0, 0.1) is 5.92 Å². The van der Waals surface area contributed by atoms with Gasteiger partial charge in [-0.05, 0) is 34.1 Å². The van der Waals surface area contributed by atoms with Crippen molar-refractivity contribution in [3.8, 4) is 5.75 Å². The minimum absolute atomic E-state index is 0.0126. The van der Waals surface area contributed by atoms with E-state index in [1.807, 2.05) is 0 Å². The van der Waals surface area contributed by atoms with Crippen LogP contribution >= 0.6 is 15.9 Å². The molecule has 1 atom stereocenters. The zero-order chi connectivity index (χ0) is 14.6. The predicted molar refractivity (Wildman–Crippen MR) is 76.0 cm³/mol. The molecule has 0 aliphatic carbocycles. The molecular weight excluding hydrogens is 312 g/mol. The van der Waals surface area contributed by atoms with Crippen LogP contribution in [0.4, 0.5) is 0 Å². The van der Waals surface area contributed by atoms with Gasteiger partial charge < -0.3 is 15.3 Å². The highest BCUT2D eigenvalue weighted by Crippen LogP contribution is 2.24. The molecule has 19 heavy (non-hydrogen) atoms. The monoisotopic (exact) mass is 328 g/mol. The molecule has 0 saturated carbocycles. The highest BCUT2D eigenvalue weighted by Gasteiger charge is 2.18. The Hall–Kier alpha value is -1.56. The third-order valence-corrected chi connectivity index (χ3v) is 3.45. The second kappa shape index (κ2) is 6.56. The highest BCUT2D eigenvalue weighted by molar-refractivity contribution is 9.10. The molecule has 1 unspecified atom stereocenters. The molecule has 1 aromatic rings. The molecule has 0 heterocycles. The van der Waals surface area contributed by atoms with Crippen LogP contribution in [0.5, 0.6) is 5.75 Å². The lowest BCUT2D eigenvalue weighted by molar-refractivity contribution is -0.124. The van der Waals surface area contributed by atoms with Crippen LogP contribution in [0.3, 0.4) is 0 Å². The fraction of sp³-hybridized carbons (Fsp3) is 0.385. The topological polar surface area (TPSA) is 69.6 Å². The van der Waals surface area contributed by atoms with E-state index in [0.29, 0.717) is 16.6 Å². The normalized spacial score (nSPS) is 11.8. The Morgan fingerprint density at radius 1 is 1.47 bits per heavy atom. The average Bonchev–Trinajstić information content (AvgIpc) is 2.39. The molecule has 2 N–H and O–H groups in total. The molecule has 0 aromatic heterocycles. The van der Waals surface area contributed by atoms with Gasteiger partial charge in [-0.25, -0.2) is 0 Å². The van der Waals surface area contributed by atoms with Crippen LogP contribution in [0.25, 0.3) is 0 Å². The van der Waals surface area contributed by atoms with Crippen molar-refractivity contribution >= 4 is 27.7 Å². The van der Waals surface area contributed by atoms with Gasteiger partial charge in [0.25, 0.3) is 5.91 Å².